The molecule has 0 radical (unpaired) electrons. The second-order valence-electron chi connectivity index (χ2n) is 3.48. The first-order chi connectivity index (χ1) is 8.19. The second-order valence-corrected chi connectivity index (χ2v) is 6.87. The van der Waals surface area contributed by atoms with Gasteiger partial charge in [-0.3, -0.25) is 0 Å². The van der Waals surface area contributed by atoms with Crippen molar-refractivity contribution in [3.8, 4) is 0 Å². The molecule has 2 rings (SSSR count). The summed E-state index contributed by atoms with van der Waals surface area (Å²) in [6.45, 7) is 2.62. The number of halogens is 1. The van der Waals surface area contributed by atoms with Crippen LogP contribution in [-0.4, -0.2) is 16.7 Å². The Balaban J connectivity index is 2.26. The highest BCUT2D eigenvalue weighted by Crippen LogP contribution is 2.34. The van der Waals surface area contributed by atoms with E-state index in [1.54, 1.807) is 23.1 Å². The van der Waals surface area contributed by atoms with Gasteiger partial charge in [-0.25, -0.2) is 0 Å². The number of rotatable bonds is 4. The maximum atomic E-state index is 5.62. The van der Waals surface area contributed by atoms with Crippen molar-refractivity contribution in [2.24, 2.45) is 5.73 Å². The summed E-state index contributed by atoms with van der Waals surface area (Å²) in [6, 6.07) is 6.25. The molecule has 3 nitrogen and oxygen atoms in total. The lowest BCUT2D eigenvalue weighted by Crippen LogP contribution is -2.03. The first-order valence-electron chi connectivity index (χ1n) is 5.15. The highest BCUT2D eigenvalue weighted by Gasteiger charge is 2.08. The van der Waals surface area contributed by atoms with Crippen molar-refractivity contribution < 1.29 is 0 Å². The third-order valence-corrected chi connectivity index (χ3v) is 4.63. The minimum Gasteiger partial charge on any atom is -0.330 e. The van der Waals surface area contributed by atoms with Crippen molar-refractivity contribution in [1.82, 2.24) is 10.2 Å². The zero-order valence-electron chi connectivity index (χ0n) is 9.31. The van der Waals surface area contributed by atoms with Crippen LogP contribution in [0.5, 0.6) is 0 Å². The largest absolute Gasteiger partial charge is 0.330 e. The molecule has 0 aliphatic rings. The van der Waals surface area contributed by atoms with Gasteiger partial charge in [-0.15, -0.1) is 10.2 Å². The first-order valence-corrected chi connectivity index (χ1v) is 7.58. The molecular formula is C11H12BrN3S2. The molecule has 0 fully saturated rings. The number of aromatic nitrogens is 2. The maximum absolute atomic E-state index is 5.62. The predicted molar refractivity (Wildman–Crippen MR) is 75.7 cm³/mol. The molecule has 0 atom stereocenters. The zero-order valence-corrected chi connectivity index (χ0v) is 12.5. The summed E-state index contributed by atoms with van der Waals surface area (Å²) in [6.07, 6.45) is 0.882. The van der Waals surface area contributed by atoms with Crippen LogP contribution in [0.25, 0.3) is 0 Å². The number of nitrogens with zero attached hydrogens (tertiary/aromatic N) is 2. The number of benzene rings is 1. The van der Waals surface area contributed by atoms with E-state index in [0.29, 0.717) is 6.54 Å². The molecule has 6 heteroatoms. The van der Waals surface area contributed by atoms with Gasteiger partial charge in [-0.1, -0.05) is 45.1 Å². The highest BCUT2D eigenvalue weighted by atomic mass is 79.9. The highest BCUT2D eigenvalue weighted by molar-refractivity contribution is 9.10. The first kappa shape index (κ1) is 13.0. The van der Waals surface area contributed by atoms with E-state index in [1.807, 2.05) is 13.0 Å². The molecule has 17 heavy (non-hydrogen) atoms. The van der Waals surface area contributed by atoms with E-state index in [-0.39, 0.29) is 0 Å². The quantitative estimate of drug-likeness (QED) is 0.935. The fourth-order valence-electron chi connectivity index (χ4n) is 1.40. The van der Waals surface area contributed by atoms with Crippen molar-refractivity contribution in [2.45, 2.75) is 22.6 Å². The molecule has 0 aliphatic carbocycles. The Morgan fingerprint density at radius 3 is 2.88 bits per heavy atom. The minimum absolute atomic E-state index is 0.657. The van der Waals surface area contributed by atoms with E-state index in [0.717, 1.165) is 20.2 Å². The van der Waals surface area contributed by atoms with Crippen LogP contribution in [0.1, 0.15) is 10.6 Å². The predicted octanol–water partition coefficient (Wildman–Crippen LogP) is 3.26. The van der Waals surface area contributed by atoms with Crippen LogP contribution in [0.2, 0.25) is 0 Å². The summed E-state index contributed by atoms with van der Waals surface area (Å²) in [5, 5.41) is 9.14. The topological polar surface area (TPSA) is 51.8 Å². The van der Waals surface area contributed by atoms with Crippen LogP contribution < -0.4 is 5.73 Å². The molecule has 0 amide bonds. The summed E-state index contributed by atoms with van der Waals surface area (Å²) >= 11 is 6.75. The number of hydrogen-bond donors (Lipinski definition) is 1. The minimum atomic E-state index is 0.657. The Hall–Kier alpha value is -0.430. The van der Waals surface area contributed by atoms with Crippen molar-refractivity contribution in [3.05, 3.63) is 33.2 Å². The SMILES string of the molecule is Cc1nnc(Sc2cc(Br)ccc2CCN)s1. The van der Waals surface area contributed by atoms with Gasteiger partial charge in [0.15, 0.2) is 4.34 Å². The fraction of sp³-hybridized carbons (Fsp3) is 0.273. The van der Waals surface area contributed by atoms with Gasteiger partial charge in [0.25, 0.3) is 0 Å². The molecule has 0 saturated heterocycles. The molecule has 0 spiro atoms. The van der Waals surface area contributed by atoms with Crippen LogP contribution in [0.3, 0.4) is 0 Å². The average Bonchev–Trinajstić information content (AvgIpc) is 2.68. The average molecular weight is 330 g/mol. The van der Waals surface area contributed by atoms with Crippen molar-refractivity contribution >= 4 is 39.0 Å². The van der Waals surface area contributed by atoms with Crippen LogP contribution in [-0.2, 0) is 6.42 Å². The van der Waals surface area contributed by atoms with E-state index < -0.39 is 0 Å². The summed E-state index contributed by atoms with van der Waals surface area (Å²) in [5.41, 5.74) is 6.88. The summed E-state index contributed by atoms with van der Waals surface area (Å²) in [5.74, 6) is 0. The van der Waals surface area contributed by atoms with Crippen molar-refractivity contribution in [2.75, 3.05) is 6.54 Å². The molecule has 2 aromatic rings. The van der Waals surface area contributed by atoms with Crippen LogP contribution in [0, 0.1) is 6.92 Å². The van der Waals surface area contributed by atoms with Gasteiger partial charge in [0.1, 0.15) is 5.01 Å². The third kappa shape index (κ3) is 3.51. The lowest BCUT2D eigenvalue weighted by molar-refractivity contribution is 0.941. The second kappa shape index (κ2) is 5.95. The lowest BCUT2D eigenvalue weighted by Gasteiger charge is -2.06. The molecule has 1 heterocycles. The van der Waals surface area contributed by atoms with Crippen LogP contribution in [0.4, 0.5) is 0 Å². The van der Waals surface area contributed by atoms with Crippen molar-refractivity contribution in [1.29, 1.82) is 0 Å². The van der Waals surface area contributed by atoms with Gasteiger partial charge in [-0.05, 0) is 37.6 Å². The number of aryl methyl sites for hydroxylation is 1. The number of nitrogens with two attached hydrogens (primary N) is 1. The summed E-state index contributed by atoms with van der Waals surface area (Å²) in [7, 11) is 0. The Morgan fingerprint density at radius 1 is 1.41 bits per heavy atom. The molecule has 0 saturated carbocycles. The van der Waals surface area contributed by atoms with Gasteiger partial charge in [0.2, 0.25) is 0 Å². The van der Waals surface area contributed by atoms with E-state index in [9.17, 15) is 0 Å². The summed E-state index contributed by atoms with van der Waals surface area (Å²) < 4.78 is 2.04. The molecule has 0 bridgehead atoms. The van der Waals surface area contributed by atoms with Gasteiger partial charge >= 0.3 is 0 Å². The van der Waals surface area contributed by atoms with E-state index in [1.165, 1.54) is 10.5 Å². The third-order valence-electron chi connectivity index (χ3n) is 2.15. The number of hydrogen-bond acceptors (Lipinski definition) is 5. The van der Waals surface area contributed by atoms with Gasteiger partial charge in [-0.2, -0.15) is 0 Å². The van der Waals surface area contributed by atoms with Gasteiger partial charge in [0, 0.05) is 9.37 Å². The van der Waals surface area contributed by atoms with Crippen molar-refractivity contribution in [3.63, 3.8) is 0 Å². The molecule has 1 aromatic carbocycles. The molecule has 2 N–H and O–H groups in total. The fourth-order valence-corrected chi connectivity index (χ4v) is 3.88. The van der Waals surface area contributed by atoms with Crippen LogP contribution in [0.15, 0.2) is 31.9 Å². The van der Waals surface area contributed by atoms with Crippen LogP contribution >= 0.6 is 39.0 Å². The zero-order chi connectivity index (χ0) is 12.3. The smallest absolute Gasteiger partial charge is 0.179 e. The summed E-state index contributed by atoms with van der Waals surface area (Å²) in [4.78, 5) is 1.20. The molecule has 0 aliphatic heterocycles. The monoisotopic (exact) mass is 329 g/mol. The molecule has 1 aromatic heterocycles. The lowest BCUT2D eigenvalue weighted by atomic mass is 10.1. The molecule has 0 unspecified atom stereocenters. The van der Waals surface area contributed by atoms with Gasteiger partial charge < -0.3 is 5.73 Å². The Labute approximate surface area is 117 Å². The maximum Gasteiger partial charge on any atom is 0.179 e. The Bertz CT molecular complexity index is 513. The standard InChI is InChI=1S/C11H12BrN3S2/c1-7-14-15-11(16-7)17-10-6-9(12)3-2-8(10)4-5-13/h2-3,6H,4-5,13H2,1H3. The van der Waals surface area contributed by atoms with E-state index in [2.05, 4.69) is 38.3 Å². The normalized spacial score (nSPS) is 10.8. The van der Waals surface area contributed by atoms with E-state index >= 15 is 0 Å². The molecule has 90 valence electrons. The van der Waals surface area contributed by atoms with E-state index in [4.69, 9.17) is 5.73 Å². The Kier molecular flexibility index (Phi) is 4.55. The molecular weight excluding hydrogens is 318 g/mol. The Morgan fingerprint density at radius 2 is 2.24 bits per heavy atom. The van der Waals surface area contributed by atoms with Gasteiger partial charge in [0.05, 0.1) is 0 Å².